The summed E-state index contributed by atoms with van der Waals surface area (Å²) in [4.78, 5) is 4.04. The second kappa shape index (κ2) is 3.02. The Bertz CT molecular complexity index is 509. The summed E-state index contributed by atoms with van der Waals surface area (Å²) in [5, 5.41) is 0. The predicted octanol–water partition coefficient (Wildman–Crippen LogP) is 3.07. The van der Waals surface area contributed by atoms with E-state index in [1.54, 1.807) is 4.57 Å². The lowest BCUT2D eigenvalue weighted by atomic mass is 10.1. The highest BCUT2D eigenvalue weighted by atomic mass is 19.2. The normalized spacial score (nSPS) is 12.3. The summed E-state index contributed by atoms with van der Waals surface area (Å²) in [5.74, 6) is -1.67. The molecule has 2 nitrogen and oxygen atoms in total. The summed E-state index contributed by atoms with van der Waals surface area (Å²) in [6.45, 7) is 5.75. The molecule has 0 N–H and O–H groups in total. The summed E-state index contributed by atoms with van der Waals surface area (Å²) in [7, 11) is 0. The van der Waals surface area contributed by atoms with E-state index >= 15 is 0 Å². The first-order valence-corrected chi connectivity index (χ1v) is 4.73. The Morgan fingerprint density at radius 1 is 1.20 bits per heavy atom. The number of hydrogen-bond acceptors (Lipinski definition) is 1. The van der Waals surface area contributed by atoms with Crippen molar-refractivity contribution < 1.29 is 8.78 Å². The van der Waals surface area contributed by atoms with Gasteiger partial charge in [0.1, 0.15) is 5.52 Å². The van der Waals surface area contributed by atoms with Crippen molar-refractivity contribution in [2.45, 2.75) is 26.3 Å². The fourth-order valence-electron chi connectivity index (χ4n) is 1.55. The minimum Gasteiger partial charge on any atom is -0.323 e. The van der Waals surface area contributed by atoms with Crippen molar-refractivity contribution in [1.29, 1.82) is 0 Å². The highest BCUT2D eigenvalue weighted by Gasteiger charge is 2.20. The summed E-state index contributed by atoms with van der Waals surface area (Å²) < 4.78 is 28.3. The summed E-state index contributed by atoms with van der Waals surface area (Å²) in [5.41, 5.74) is 0.384. The Hall–Kier alpha value is -1.45. The second-order valence-corrected chi connectivity index (χ2v) is 4.51. The van der Waals surface area contributed by atoms with Crippen LogP contribution in [0.15, 0.2) is 18.5 Å². The number of rotatable bonds is 0. The maximum absolute atomic E-state index is 13.6. The highest BCUT2D eigenvalue weighted by Crippen LogP contribution is 2.25. The van der Waals surface area contributed by atoms with Gasteiger partial charge in [-0.15, -0.1) is 0 Å². The van der Waals surface area contributed by atoms with Crippen LogP contribution in [-0.4, -0.2) is 9.55 Å². The molecule has 80 valence electrons. The molecule has 4 heteroatoms. The molecule has 1 aromatic heterocycles. The Balaban J connectivity index is 2.84. The molecule has 1 heterocycles. The van der Waals surface area contributed by atoms with Crippen LogP contribution in [0, 0.1) is 11.6 Å². The van der Waals surface area contributed by atoms with Crippen LogP contribution in [-0.2, 0) is 5.54 Å². The lowest BCUT2D eigenvalue weighted by Crippen LogP contribution is -2.21. The second-order valence-electron chi connectivity index (χ2n) is 4.51. The monoisotopic (exact) mass is 210 g/mol. The molecule has 0 amide bonds. The topological polar surface area (TPSA) is 17.8 Å². The van der Waals surface area contributed by atoms with Crippen LogP contribution < -0.4 is 0 Å². The summed E-state index contributed by atoms with van der Waals surface area (Å²) in [6, 6.07) is 2.58. The van der Waals surface area contributed by atoms with E-state index < -0.39 is 11.6 Å². The number of imidazole rings is 1. The first kappa shape index (κ1) is 10.1. The van der Waals surface area contributed by atoms with Crippen LogP contribution in [0.25, 0.3) is 11.0 Å². The lowest BCUT2D eigenvalue weighted by molar-refractivity contribution is 0.401. The summed E-state index contributed by atoms with van der Waals surface area (Å²) >= 11 is 0. The zero-order chi connectivity index (χ0) is 11.2. The highest BCUT2D eigenvalue weighted by molar-refractivity contribution is 5.76. The molecule has 0 unspecified atom stereocenters. The number of halogens is 2. The van der Waals surface area contributed by atoms with Crippen molar-refractivity contribution in [3.8, 4) is 0 Å². The van der Waals surface area contributed by atoms with Crippen molar-refractivity contribution >= 4 is 11.0 Å². The van der Waals surface area contributed by atoms with Gasteiger partial charge in [0.2, 0.25) is 0 Å². The Labute approximate surface area is 86.5 Å². The number of hydrogen-bond donors (Lipinski definition) is 0. The van der Waals surface area contributed by atoms with E-state index in [2.05, 4.69) is 4.98 Å². The van der Waals surface area contributed by atoms with Crippen LogP contribution in [0.3, 0.4) is 0 Å². The molecule has 0 saturated carbocycles. The van der Waals surface area contributed by atoms with E-state index in [0.29, 0.717) is 5.52 Å². The fraction of sp³-hybridized carbons (Fsp3) is 0.364. The average molecular weight is 210 g/mol. The SMILES string of the molecule is CC(C)(C)n1cnc2ccc(F)c(F)c21. The Morgan fingerprint density at radius 2 is 1.87 bits per heavy atom. The molecule has 0 aliphatic rings. The molecule has 0 aliphatic heterocycles. The zero-order valence-electron chi connectivity index (χ0n) is 8.88. The Morgan fingerprint density at radius 3 is 2.47 bits per heavy atom. The van der Waals surface area contributed by atoms with Gasteiger partial charge in [-0.3, -0.25) is 0 Å². The molecule has 15 heavy (non-hydrogen) atoms. The van der Waals surface area contributed by atoms with E-state index in [1.165, 1.54) is 12.4 Å². The molecule has 0 fully saturated rings. The van der Waals surface area contributed by atoms with E-state index in [9.17, 15) is 8.78 Å². The van der Waals surface area contributed by atoms with Gasteiger partial charge in [-0.05, 0) is 32.9 Å². The third-order valence-corrected chi connectivity index (χ3v) is 2.32. The molecule has 2 rings (SSSR count). The minimum atomic E-state index is -0.839. The maximum atomic E-state index is 13.6. The molecule has 0 saturated heterocycles. The number of aromatic nitrogens is 2. The minimum absolute atomic E-state index is 0.225. The molecule has 0 radical (unpaired) electrons. The molecule has 2 aromatic rings. The number of benzene rings is 1. The largest absolute Gasteiger partial charge is 0.323 e. The van der Waals surface area contributed by atoms with Crippen molar-refractivity contribution in [2.24, 2.45) is 0 Å². The zero-order valence-corrected chi connectivity index (χ0v) is 8.88. The standard InChI is InChI=1S/C11H12F2N2/c1-11(2,3)15-6-14-8-5-4-7(12)9(13)10(8)15/h4-6H,1-3H3. The first-order chi connectivity index (χ1) is 6.91. The first-order valence-electron chi connectivity index (χ1n) is 4.73. The Kier molecular flexibility index (Phi) is 2.03. The van der Waals surface area contributed by atoms with Gasteiger partial charge in [0, 0.05) is 5.54 Å². The van der Waals surface area contributed by atoms with Crippen LogP contribution in [0.2, 0.25) is 0 Å². The molecular formula is C11H12F2N2. The van der Waals surface area contributed by atoms with E-state index in [0.717, 1.165) is 6.07 Å². The van der Waals surface area contributed by atoms with Gasteiger partial charge in [-0.2, -0.15) is 0 Å². The molecule has 0 bridgehead atoms. The third kappa shape index (κ3) is 1.50. The third-order valence-electron chi connectivity index (χ3n) is 2.32. The maximum Gasteiger partial charge on any atom is 0.184 e. The van der Waals surface area contributed by atoms with E-state index in [4.69, 9.17) is 0 Å². The van der Waals surface area contributed by atoms with Crippen molar-refractivity contribution in [3.05, 3.63) is 30.1 Å². The molecule has 0 spiro atoms. The number of fused-ring (bicyclic) bond motifs is 1. The van der Waals surface area contributed by atoms with Crippen molar-refractivity contribution in [3.63, 3.8) is 0 Å². The van der Waals surface area contributed by atoms with E-state index in [-0.39, 0.29) is 11.1 Å². The molecule has 1 aromatic carbocycles. The van der Waals surface area contributed by atoms with Gasteiger partial charge in [0.05, 0.1) is 11.8 Å². The summed E-state index contributed by atoms with van der Waals surface area (Å²) in [6.07, 6.45) is 1.53. The lowest BCUT2D eigenvalue weighted by Gasteiger charge is -2.21. The fourth-order valence-corrected chi connectivity index (χ4v) is 1.55. The molecular weight excluding hydrogens is 198 g/mol. The van der Waals surface area contributed by atoms with Gasteiger partial charge in [0.15, 0.2) is 11.6 Å². The molecule has 0 aliphatic carbocycles. The predicted molar refractivity (Wildman–Crippen MR) is 54.6 cm³/mol. The van der Waals surface area contributed by atoms with Crippen molar-refractivity contribution in [2.75, 3.05) is 0 Å². The quantitative estimate of drug-likeness (QED) is 0.653. The smallest absolute Gasteiger partial charge is 0.184 e. The van der Waals surface area contributed by atoms with Gasteiger partial charge in [-0.1, -0.05) is 0 Å². The van der Waals surface area contributed by atoms with Gasteiger partial charge in [-0.25, -0.2) is 13.8 Å². The van der Waals surface area contributed by atoms with Gasteiger partial charge < -0.3 is 4.57 Å². The van der Waals surface area contributed by atoms with Gasteiger partial charge >= 0.3 is 0 Å². The van der Waals surface area contributed by atoms with Gasteiger partial charge in [0.25, 0.3) is 0 Å². The van der Waals surface area contributed by atoms with Crippen LogP contribution >= 0.6 is 0 Å². The van der Waals surface area contributed by atoms with Crippen LogP contribution in [0.1, 0.15) is 20.8 Å². The van der Waals surface area contributed by atoms with E-state index in [1.807, 2.05) is 20.8 Å². The average Bonchev–Trinajstić information content (AvgIpc) is 2.54. The van der Waals surface area contributed by atoms with Crippen LogP contribution in [0.5, 0.6) is 0 Å². The van der Waals surface area contributed by atoms with Crippen molar-refractivity contribution in [1.82, 2.24) is 9.55 Å². The molecule has 0 atom stereocenters. The number of nitrogens with zero attached hydrogens (tertiary/aromatic N) is 2. The van der Waals surface area contributed by atoms with Crippen LogP contribution in [0.4, 0.5) is 8.78 Å².